The lowest BCUT2D eigenvalue weighted by molar-refractivity contribution is -0.156. The monoisotopic (exact) mass is 383 g/mol. The van der Waals surface area contributed by atoms with Crippen LogP contribution in [0.2, 0.25) is 0 Å². The summed E-state index contributed by atoms with van der Waals surface area (Å²) in [5.41, 5.74) is 5.08. The third-order valence-electron chi connectivity index (χ3n) is 5.47. The standard InChI is InChI=1S/C24H33NO3/c1-16(2)14-21-20-15-17-8-6-7-9-18(17)19(20)12-13-25(21)22(26)10-11-23(27)28-24(3,4)5/h6-9,16,21H,10-15H2,1-5H3. The van der Waals surface area contributed by atoms with E-state index in [0.717, 1.165) is 25.8 Å². The zero-order valence-corrected chi connectivity index (χ0v) is 17.9. The van der Waals surface area contributed by atoms with Crippen LogP contribution in [0.5, 0.6) is 0 Å². The first-order valence-electron chi connectivity index (χ1n) is 10.5. The summed E-state index contributed by atoms with van der Waals surface area (Å²) in [7, 11) is 0. The molecule has 0 fully saturated rings. The molecule has 1 unspecified atom stereocenters. The summed E-state index contributed by atoms with van der Waals surface area (Å²) in [6.07, 6.45) is 3.18. The summed E-state index contributed by atoms with van der Waals surface area (Å²) < 4.78 is 5.36. The fourth-order valence-electron chi connectivity index (χ4n) is 4.40. The number of hydrogen-bond donors (Lipinski definition) is 0. The Morgan fingerprint density at radius 3 is 2.57 bits per heavy atom. The Kier molecular flexibility index (Phi) is 5.97. The van der Waals surface area contributed by atoms with E-state index >= 15 is 0 Å². The SMILES string of the molecule is CC(C)CC1C2=C(CCN1C(=O)CCC(=O)OC(C)(C)C)c1ccccc1C2. The zero-order chi connectivity index (χ0) is 20.5. The number of esters is 1. The fourth-order valence-corrected chi connectivity index (χ4v) is 4.40. The summed E-state index contributed by atoms with van der Waals surface area (Å²) in [5.74, 6) is 0.271. The number of ether oxygens (including phenoxy) is 1. The summed E-state index contributed by atoms with van der Waals surface area (Å²) in [6, 6.07) is 8.75. The molecule has 1 atom stereocenters. The first-order chi connectivity index (χ1) is 13.2. The van der Waals surface area contributed by atoms with E-state index < -0.39 is 5.60 Å². The van der Waals surface area contributed by atoms with E-state index in [9.17, 15) is 9.59 Å². The Labute approximate surface area is 168 Å². The average molecular weight is 384 g/mol. The van der Waals surface area contributed by atoms with Gasteiger partial charge in [-0.15, -0.1) is 0 Å². The van der Waals surface area contributed by atoms with Gasteiger partial charge >= 0.3 is 5.97 Å². The molecule has 3 rings (SSSR count). The lowest BCUT2D eigenvalue weighted by Gasteiger charge is -2.38. The minimum Gasteiger partial charge on any atom is -0.460 e. The van der Waals surface area contributed by atoms with E-state index in [-0.39, 0.29) is 30.8 Å². The van der Waals surface area contributed by atoms with Gasteiger partial charge in [0, 0.05) is 13.0 Å². The van der Waals surface area contributed by atoms with Crippen molar-refractivity contribution in [3.05, 3.63) is 41.0 Å². The van der Waals surface area contributed by atoms with Crippen molar-refractivity contribution in [2.45, 2.75) is 78.4 Å². The molecule has 0 saturated carbocycles. The number of fused-ring (bicyclic) bond motifs is 2. The van der Waals surface area contributed by atoms with Crippen LogP contribution in [0.3, 0.4) is 0 Å². The number of benzene rings is 1. The second-order valence-corrected chi connectivity index (χ2v) is 9.41. The van der Waals surface area contributed by atoms with Crippen LogP contribution in [0, 0.1) is 5.92 Å². The fraction of sp³-hybridized carbons (Fsp3) is 0.583. The van der Waals surface area contributed by atoms with Crippen LogP contribution in [-0.4, -0.2) is 35.0 Å². The summed E-state index contributed by atoms with van der Waals surface area (Å²) >= 11 is 0. The van der Waals surface area contributed by atoms with Crippen LogP contribution >= 0.6 is 0 Å². The van der Waals surface area contributed by atoms with Crippen molar-refractivity contribution in [2.75, 3.05) is 6.54 Å². The highest BCUT2D eigenvalue weighted by Gasteiger charge is 2.36. The van der Waals surface area contributed by atoms with E-state index in [1.807, 2.05) is 25.7 Å². The van der Waals surface area contributed by atoms with Crippen molar-refractivity contribution in [3.8, 4) is 0 Å². The molecule has 0 saturated heterocycles. The van der Waals surface area contributed by atoms with Gasteiger partial charge < -0.3 is 9.64 Å². The van der Waals surface area contributed by atoms with Crippen molar-refractivity contribution in [1.82, 2.24) is 4.90 Å². The zero-order valence-electron chi connectivity index (χ0n) is 17.9. The maximum absolute atomic E-state index is 13.0. The smallest absolute Gasteiger partial charge is 0.306 e. The van der Waals surface area contributed by atoms with Gasteiger partial charge in [-0.25, -0.2) is 0 Å². The molecular formula is C24H33NO3. The number of carbonyl (C=O) groups is 2. The van der Waals surface area contributed by atoms with Gasteiger partial charge in [-0.2, -0.15) is 0 Å². The Morgan fingerprint density at radius 2 is 1.89 bits per heavy atom. The predicted octanol–water partition coefficient (Wildman–Crippen LogP) is 4.77. The Balaban J connectivity index is 1.73. The van der Waals surface area contributed by atoms with E-state index in [0.29, 0.717) is 5.92 Å². The van der Waals surface area contributed by atoms with Gasteiger partial charge in [-0.05, 0) is 68.2 Å². The van der Waals surface area contributed by atoms with E-state index in [4.69, 9.17) is 4.74 Å². The number of carbonyl (C=O) groups excluding carboxylic acids is 2. The van der Waals surface area contributed by atoms with Gasteiger partial charge in [-0.1, -0.05) is 38.1 Å². The largest absolute Gasteiger partial charge is 0.460 e. The Morgan fingerprint density at radius 1 is 1.18 bits per heavy atom. The van der Waals surface area contributed by atoms with Crippen LogP contribution in [0.1, 0.15) is 71.4 Å². The molecular weight excluding hydrogens is 350 g/mol. The molecule has 0 bridgehead atoms. The second kappa shape index (κ2) is 8.10. The topological polar surface area (TPSA) is 46.6 Å². The number of nitrogens with zero attached hydrogens (tertiary/aromatic N) is 1. The minimum absolute atomic E-state index is 0.0685. The molecule has 28 heavy (non-hydrogen) atoms. The van der Waals surface area contributed by atoms with Crippen LogP contribution in [0.15, 0.2) is 29.8 Å². The minimum atomic E-state index is -0.513. The van der Waals surface area contributed by atoms with Crippen LogP contribution in [-0.2, 0) is 20.7 Å². The highest BCUT2D eigenvalue weighted by atomic mass is 16.6. The molecule has 1 amide bonds. The maximum atomic E-state index is 13.0. The number of rotatable bonds is 5. The average Bonchev–Trinajstić information content (AvgIpc) is 2.97. The third kappa shape index (κ3) is 4.65. The van der Waals surface area contributed by atoms with Gasteiger partial charge in [0.15, 0.2) is 0 Å². The van der Waals surface area contributed by atoms with Crippen LogP contribution < -0.4 is 0 Å². The van der Waals surface area contributed by atoms with Crippen molar-refractivity contribution in [2.24, 2.45) is 5.92 Å². The molecule has 1 aliphatic heterocycles. The molecule has 0 spiro atoms. The maximum Gasteiger partial charge on any atom is 0.306 e. The van der Waals surface area contributed by atoms with Crippen LogP contribution in [0.4, 0.5) is 0 Å². The predicted molar refractivity (Wildman–Crippen MR) is 112 cm³/mol. The van der Waals surface area contributed by atoms with E-state index in [2.05, 4.69) is 38.1 Å². The molecule has 1 aliphatic carbocycles. The molecule has 1 aromatic carbocycles. The summed E-state index contributed by atoms with van der Waals surface area (Å²) in [4.78, 5) is 27.1. The highest BCUT2D eigenvalue weighted by molar-refractivity contribution is 5.85. The molecule has 4 heteroatoms. The highest BCUT2D eigenvalue weighted by Crippen LogP contribution is 2.42. The van der Waals surface area contributed by atoms with Crippen molar-refractivity contribution >= 4 is 17.4 Å². The van der Waals surface area contributed by atoms with Crippen LogP contribution in [0.25, 0.3) is 5.57 Å². The molecule has 2 aliphatic rings. The molecule has 1 heterocycles. The van der Waals surface area contributed by atoms with Gasteiger partial charge in [0.1, 0.15) is 5.60 Å². The number of amides is 1. The third-order valence-corrected chi connectivity index (χ3v) is 5.47. The first kappa shape index (κ1) is 20.6. The molecule has 0 N–H and O–H groups in total. The molecule has 0 radical (unpaired) electrons. The summed E-state index contributed by atoms with van der Waals surface area (Å²) in [6.45, 7) is 10.7. The summed E-state index contributed by atoms with van der Waals surface area (Å²) in [5, 5.41) is 0. The first-order valence-corrected chi connectivity index (χ1v) is 10.5. The van der Waals surface area contributed by atoms with E-state index in [1.54, 1.807) is 0 Å². The van der Waals surface area contributed by atoms with Crippen molar-refractivity contribution < 1.29 is 14.3 Å². The van der Waals surface area contributed by atoms with Crippen molar-refractivity contribution in [1.29, 1.82) is 0 Å². The Hall–Kier alpha value is -2.10. The van der Waals surface area contributed by atoms with Gasteiger partial charge in [-0.3, -0.25) is 9.59 Å². The normalized spacial score (nSPS) is 18.9. The quantitative estimate of drug-likeness (QED) is 0.689. The number of hydrogen-bond acceptors (Lipinski definition) is 3. The molecule has 4 nitrogen and oxygen atoms in total. The van der Waals surface area contributed by atoms with Crippen molar-refractivity contribution in [3.63, 3.8) is 0 Å². The van der Waals surface area contributed by atoms with Gasteiger partial charge in [0.05, 0.1) is 12.5 Å². The van der Waals surface area contributed by atoms with Gasteiger partial charge in [0.25, 0.3) is 0 Å². The van der Waals surface area contributed by atoms with E-state index in [1.165, 1.54) is 22.3 Å². The van der Waals surface area contributed by atoms with Gasteiger partial charge in [0.2, 0.25) is 5.91 Å². The Bertz CT molecular complexity index is 785. The lowest BCUT2D eigenvalue weighted by atomic mass is 9.87. The molecule has 1 aromatic rings. The molecule has 152 valence electrons. The second-order valence-electron chi connectivity index (χ2n) is 9.41. The lowest BCUT2D eigenvalue weighted by Crippen LogP contribution is -2.45. The molecule has 0 aromatic heterocycles.